The van der Waals surface area contributed by atoms with Gasteiger partial charge in [0.25, 0.3) is 0 Å². The Kier molecular flexibility index (Phi) is 2.77. The molecule has 5 N–H and O–H groups in total. The smallest absolute Gasteiger partial charge is 0.235 e. The van der Waals surface area contributed by atoms with Gasteiger partial charge in [0, 0.05) is 11.6 Å². The zero-order valence-electron chi connectivity index (χ0n) is 8.53. The van der Waals surface area contributed by atoms with Crippen molar-refractivity contribution in [1.29, 1.82) is 0 Å². The molecule has 0 unspecified atom stereocenters. The van der Waals surface area contributed by atoms with E-state index in [0.717, 1.165) is 0 Å². The quantitative estimate of drug-likeness (QED) is 0.450. The molecule has 1 aromatic heterocycles. The molecule has 0 saturated heterocycles. The van der Waals surface area contributed by atoms with Crippen LogP contribution in [0.2, 0.25) is 0 Å². The first-order chi connectivity index (χ1) is 8.16. The van der Waals surface area contributed by atoms with Crippen molar-refractivity contribution in [2.45, 2.75) is 0 Å². The van der Waals surface area contributed by atoms with Gasteiger partial charge in [-0.15, -0.1) is 0 Å². The van der Waals surface area contributed by atoms with Crippen LogP contribution in [0.4, 0.5) is 11.6 Å². The van der Waals surface area contributed by atoms with E-state index in [-0.39, 0.29) is 23.1 Å². The second kappa shape index (κ2) is 4.39. The number of phenolic OH excluding ortho intramolecular Hbond substituents is 2. The molecule has 0 atom stereocenters. The minimum absolute atomic E-state index is 0.0300. The van der Waals surface area contributed by atoms with Crippen LogP contribution in [0.15, 0.2) is 27.9 Å². The van der Waals surface area contributed by atoms with Crippen LogP contribution < -0.4 is 11.2 Å². The molecule has 17 heavy (non-hydrogen) atoms. The number of phenols is 2. The molecule has 0 aliphatic heterocycles. The van der Waals surface area contributed by atoms with Gasteiger partial charge in [0.05, 0.1) is 6.21 Å². The lowest BCUT2D eigenvalue weighted by atomic mass is 10.2. The van der Waals surface area contributed by atoms with Gasteiger partial charge in [-0.2, -0.15) is 5.10 Å². The molecular formula is C9H9N5O3. The highest BCUT2D eigenvalue weighted by Crippen LogP contribution is 2.20. The van der Waals surface area contributed by atoms with Crippen LogP contribution in [0.1, 0.15) is 5.56 Å². The summed E-state index contributed by atoms with van der Waals surface area (Å²) >= 11 is 0. The van der Waals surface area contributed by atoms with Crippen molar-refractivity contribution >= 4 is 17.9 Å². The normalized spacial score (nSPS) is 10.8. The topological polar surface area (TPSA) is 130 Å². The molecule has 1 aromatic carbocycles. The van der Waals surface area contributed by atoms with Gasteiger partial charge in [-0.1, -0.05) is 0 Å². The Labute approximate surface area is 95.3 Å². The first kappa shape index (κ1) is 10.7. The molecule has 8 nitrogen and oxygen atoms in total. The number of aromatic nitrogens is 2. The van der Waals surface area contributed by atoms with E-state index in [1.54, 1.807) is 0 Å². The van der Waals surface area contributed by atoms with E-state index >= 15 is 0 Å². The Hall–Kier alpha value is -2.77. The highest BCUT2D eigenvalue weighted by Gasteiger charge is 2.03. The van der Waals surface area contributed by atoms with Crippen molar-refractivity contribution in [1.82, 2.24) is 10.3 Å². The minimum Gasteiger partial charge on any atom is -0.508 e. The Morgan fingerprint density at radius 3 is 2.82 bits per heavy atom. The Bertz CT molecular complexity index is 551. The van der Waals surface area contributed by atoms with Gasteiger partial charge in [-0.3, -0.25) is 5.43 Å². The van der Waals surface area contributed by atoms with Crippen molar-refractivity contribution in [3.8, 4) is 11.5 Å². The molecule has 2 aromatic rings. The van der Waals surface area contributed by atoms with Crippen molar-refractivity contribution in [2.75, 3.05) is 11.2 Å². The van der Waals surface area contributed by atoms with Crippen LogP contribution in [0.5, 0.6) is 11.5 Å². The molecular weight excluding hydrogens is 226 g/mol. The summed E-state index contributed by atoms with van der Waals surface area (Å²) in [5, 5.41) is 29.1. The fourth-order valence-electron chi connectivity index (χ4n) is 1.08. The van der Waals surface area contributed by atoms with Gasteiger partial charge < -0.3 is 15.9 Å². The maximum Gasteiger partial charge on any atom is 0.235 e. The maximum atomic E-state index is 9.45. The molecule has 0 fully saturated rings. The van der Waals surface area contributed by atoms with Gasteiger partial charge in [-0.25, -0.2) is 4.63 Å². The number of hydrogen-bond donors (Lipinski definition) is 4. The maximum absolute atomic E-state index is 9.45. The number of nitrogens with two attached hydrogens (primary N) is 1. The lowest BCUT2D eigenvalue weighted by molar-refractivity contribution is 0.310. The minimum atomic E-state index is -0.0956. The lowest BCUT2D eigenvalue weighted by Gasteiger charge is -1.99. The van der Waals surface area contributed by atoms with E-state index in [0.29, 0.717) is 5.56 Å². The molecule has 2 rings (SSSR count). The predicted molar refractivity (Wildman–Crippen MR) is 59.7 cm³/mol. The zero-order chi connectivity index (χ0) is 12.3. The second-order valence-corrected chi connectivity index (χ2v) is 3.11. The van der Waals surface area contributed by atoms with Gasteiger partial charge in [0.15, 0.2) is 0 Å². The van der Waals surface area contributed by atoms with E-state index in [4.69, 9.17) is 10.8 Å². The molecule has 0 bridgehead atoms. The lowest BCUT2D eigenvalue weighted by Crippen LogP contribution is -1.95. The monoisotopic (exact) mass is 235 g/mol. The van der Waals surface area contributed by atoms with E-state index < -0.39 is 0 Å². The molecule has 0 spiro atoms. The summed E-state index contributed by atoms with van der Waals surface area (Å²) in [5.74, 6) is 0.135. The number of rotatable bonds is 3. The largest absolute Gasteiger partial charge is 0.508 e. The molecule has 0 aliphatic carbocycles. The first-order valence-electron chi connectivity index (χ1n) is 4.56. The van der Waals surface area contributed by atoms with Crippen molar-refractivity contribution in [2.24, 2.45) is 5.10 Å². The Balaban J connectivity index is 2.08. The Morgan fingerprint density at radius 1 is 1.35 bits per heavy atom. The predicted octanol–water partition coefficient (Wildman–Crippen LogP) is 0.509. The van der Waals surface area contributed by atoms with E-state index in [2.05, 4.69) is 25.5 Å². The Morgan fingerprint density at radius 2 is 2.18 bits per heavy atom. The summed E-state index contributed by atoms with van der Waals surface area (Å²) in [6, 6.07) is 4.13. The number of nitrogens with zero attached hydrogens (tertiary/aromatic N) is 3. The van der Waals surface area contributed by atoms with Gasteiger partial charge in [0.2, 0.25) is 11.6 Å². The van der Waals surface area contributed by atoms with E-state index in [1.807, 2.05) is 0 Å². The van der Waals surface area contributed by atoms with Crippen LogP contribution in [0.25, 0.3) is 0 Å². The fraction of sp³-hybridized carbons (Fsp3) is 0. The number of benzene rings is 1. The molecule has 88 valence electrons. The first-order valence-corrected chi connectivity index (χ1v) is 4.56. The number of nitrogen functional groups attached to an aromatic ring is 1. The van der Waals surface area contributed by atoms with Crippen molar-refractivity contribution < 1.29 is 14.8 Å². The molecule has 8 heteroatoms. The summed E-state index contributed by atoms with van der Waals surface area (Å²) in [6.45, 7) is 0. The average Bonchev–Trinajstić information content (AvgIpc) is 2.68. The fourth-order valence-corrected chi connectivity index (χ4v) is 1.08. The summed E-state index contributed by atoms with van der Waals surface area (Å²) in [5.41, 5.74) is 8.29. The number of nitrogens with one attached hydrogen (secondary N) is 1. The van der Waals surface area contributed by atoms with E-state index in [9.17, 15) is 5.11 Å². The number of anilines is 2. The van der Waals surface area contributed by atoms with Gasteiger partial charge in [-0.05, 0) is 22.4 Å². The average molecular weight is 235 g/mol. The highest BCUT2D eigenvalue weighted by molar-refractivity contribution is 5.84. The molecule has 0 radical (unpaired) electrons. The summed E-state index contributed by atoms with van der Waals surface area (Å²) in [7, 11) is 0. The standard InChI is InChI=1S/C9H9N5O3/c10-8-9(14-17-13-8)12-11-4-5-1-2-6(15)3-7(5)16/h1-4,15-16H,(H2,10,13)(H,12,14). The van der Waals surface area contributed by atoms with Crippen LogP contribution in [0, 0.1) is 0 Å². The summed E-state index contributed by atoms with van der Waals surface area (Å²) in [4.78, 5) is 0. The van der Waals surface area contributed by atoms with Crippen molar-refractivity contribution in [3.05, 3.63) is 23.8 Å². The molecule has 0 amide bonds. The summed E-state index contributed by atoms with van der Waals surface area (Å²) < 4.78 is 4.34. The van der Waals surface area contributed by atoms with Crippen LogP contribution >= 0.6 is 0 Å². The second-order valence-electron chi connectivity index (χ2n) is 3.11. The SMILES string of the molecule is Nc1nonc1NN=Cc1ccc(O)cc1O. The van der Waals surface area contributed by atoms with Crippen LogP contribution in [-0.4, -0.2) is 26.7 Å². The highest BCUT2D eigenvalue weighted by atomic mass is 16.6. The zero-order valence-corrected chi connectivity index (χ0v) is 8.53. The van der Waals surface area contributed by atoms with E-state index in [1.165, 1.54) is 24.4 Å². The number of hydrogen-bond acceptors (Lipinski definition) is 8. The molecule has 1 heterocycles. The third-order valence-electron chi connectivity index (χ3n) is 1.90. The number of hydrazone groups is 1. The van der Waals surface area contributed by atoms with Crippen LogP contribution in [-0.2, 0) is 0 Å². The number of aromatic hydroxyl groups is 2. The van der Waals surface area contributed by atoms with Gasteiger partial charge >= 0.3 is 0 Å². The third-order valence-corrected chi connectivity index (χ3v) is 1.90. The molecule has 0 saturated carbocycles. The molecule has 0 aliphatic rings. The van der Waals surface area contributed by atoms with Crippen LogP contribution in [0.3, 0.4) is 0 Å². The summed E-state index contributed by atoms with van der Waals surface area (Å²) in [6.07, 6.45) is 1.34. The van der Waals surface area contributed by atoms with Gasteiger partial charge in [0.1, 0.15) is 11.5 Å². The third kappa shape index (κ3) is 2.43. The van der Waals surface area contributed by atoms with Crippen molar-refractivity contribution in [3.63, 3.8) is 0 Å².